The lowest BCUT2D eigenvalue weighted by Gasteiger charge is -2.10. The molecule has 0 saturated carbocycles. The number of benzene rings is 2. The Balaban J connectivity index is 1.71. The number of aryl methyl sites for hydroxylation is 1. The van der Waals surface area contributed by atoms with Crippen LogP contribution in [-0.2, 0) is 6.42 Å². The van der Waals surface area contributed by atoms with Crippen molar-refractivity contribution in [1.82, 2.24) is 15.0 Å². The van der Waals surface area contributed by atoms with E-state index >= 15 is 0 Å². The zero-order valence-corrected chi connectivity index (χ0v) is 13.1. The lowest BCUT2D eigenvalue weighted by molar-refractivity contribution is 0.722. The van der Waals surface area contributed by atoms with Gasteiger partial charge in [0.2, 0.25) is 0 Å². The Morgan fingerprint density at radius 3 is 2.33 bits per heavy atom. The van der Waals surface area contributed by atoms with Crippen LogP contribution in [0.5, 0.6) is 0 Å². The van der Waals surface area contributed by atoms with Crippen molar-refractivity contribution in [3.63, 3.8) is 0 Å². The molecule has 4 heteroatoms. The van der Waals surface area contributed by atoms with Crippen LogP contribution < -0.4 is 0 Å². The third-order valence-corrected chi connectivity index (χ3v) is 4.42. The molecule has 0 spiro atoms. The lowest BCUT2D eigenvalue weighted by atomic mass is 10.1. The van der Waals surface area contributed by atoms with E-state index in [4.69, 9.17) is 0 Å². The first-order valence-electron chi connectivity index (χ1n) is 6.98. The standard InChI is InChI=1S/C17H16BrN3/c18-17(14-7-3-1-4-8-14)12-11-16-13-19-20-21(16)15-9-5-2-6-10-15/h1-10,13,17H,11-12H2. The smallest absolute Gasteiger partial charge is 0.0729 e. The Bertz CT molecular complexity index is 680. The summed E-state index contributed by atoms with van der Waals surface area (Å²) in [6, 6.07) is 20.6. The molecule has 1 atom stereocenters. The van der Waals surface area contributed by atoms with Crippen LogP contribution in [-0.4, -0.2) is 15.0 Å². The second kappa shape index (κ2) is 6.68. The van der Waals surface area contributed by atoms with Crippen molar-refractivity contribution in [2.24, 2.45) is 0 Å². The highest BCUT2D eigenvalue weighted by atomic mass is 79.9. The number of hydrogen-bond donors (Lipinski definition) is 0. The van der Waals surface area contributed by atoms with Crippen molar-refractivity contribution in [3.8, 4) is 5.69 Å². The molecular weight excluding hydrogens is 326 g/mol. The van der Waals surface area contributed by atoms with Crippen molar-refractivity contribution in [1.29, 1.82) is 0 Å². The van der Waals surface area contributed by atoms with E-state index in [1.165, 1.54) is 5.56 Å². The average molecular weight is 342 g/mol. The molecule has 0 aliphatic heterocycles. The average Bonchev–Trinajstić information content (AvgIpc) is 3.03. The van der Waals surface area contributed by atoms with Gasteiger partial charge in [0.05, 0.1) is 17.6 Å². The van der Waals surface area contributed by atoms with E-state index in [0.717, 1.165) is 24.2 Å². The van der Waals surface area contributed by atoms with Gasteiger partial charge in [0.15, 0.2) is 0 Å². The van der Waals surface area contributed by atoms with Gasteiger partial charge in [-0.3, -0.25) is 0 Å². The number of halogens is 1. The van der Waals surface area contributed by atoms with E-state index in [9.17, 15) is 0 Å². The number of aromatic nitrogens is 3. The maximum absolute atomic E-state index is 4.19. The molecular formula is C17H16BrN3. The molecule has 0 radical (unpaired) electrons. The van der Waals surface area contributed by atoms with Crippen LogP contribution in [0.4, 0.5) is 0 Å². The van der Waals surface area contributed by atoms with Crippen molar-refractivity contribution in [2.75, 3.05) is 0 Å². The van der Waals surface area contributed by atoms with Gasteiger partial charge in [-0.15, -0.1) is 5.10 Å². The van der Waals surface area contributed by atoms with Gasteiger partial charge >= 0.3 is 0 Å². The molecule has 0 N–H and O–H groups in total. The van der Waals surface area contributed by atoms with Crippen LogP contribution in [0.3, 0.4) is 0 Å². The van der Waals surface area contributed by atoms with Gasteiger partial charge in [-0.1, -0.05) is 69.7 Å². The summed E-state index contributed by atoms with van der Waals surface area (Å²) in [5.41, 5.74) is 3.48. The SMILES string of the molecule is BrC(CCc1cnnn1-c1ccccc1)c1ccccc1. The summed E-state index contributed by atoms with van der Waals surface area (Å²) in [6.07, 6.45) is 3.77. The molecule has 0 fully saturated rings. The van der Waals surface area contributed by atoms with Gasteiger partial charge in [-0.05, 0) is 30.5 Å². The Kier molecular flexibility index (Phi) is 4.46. The molecule has 1 unspecified atom stereocenters. The first-order valence-corrected chi connectivity index (χ1v) is 7.90. The fraction of sp³-hybridized carbons (Fsp3) is 0.176. The van der Waals surface area contributed by atoms with Crippen molar-refractivity contribution >= 4 is 15.9 Å². The topological polar surface area (TPSA) is 30.7 Å². The maximum atomic E-state index is 4.19. The molecule has 0 aliphatic rings. The molecule has 1 aromatic heterocycles. The molecule has 3 aromatic rings. The fourth-order valence-corrected chi connectivity index (χ4v) is 2.85. The summed E-state index contributed by atoms with van der Waals surface area (Å²) in [6.45, 7) is 0. The Labute approximate surface area is 132 Å². The molecule has 2 aromatic carbocycles. The van der Waals surface area contributed by atoms with Gasteiger partial charge in [0.1, 0.15) is 0 Å². The Morgan fingerprint density at radius 2 is 1.62 bits per heavy atom. The minimum atomic E-state index is 0.345. The van der Waals surface area contributed by atoms with Gasteiger partial charge in [-0.25, -0.2) is 4.68 Å². The first kappa shape index (κ1) is 14.0. The second-order valence-electron chi connectivity index (χ2n) is 4.89. The second-order valence-corrected chi connectivity index (χ2v) is 5.99. The van der Waals surface area contributed by atoms with Crippen molar-refractivity contribution in [3.05, 3.63) is 78.1 Å². The largest absolute Gasteiger partial charge is 0.218 e. The van der Waals surface area contributed by atoms with E-state index in [1.807, 2.05) is 47.3 Å². The third kappa shape index (κ3) is 3.39. The summed E-state index contributed by atoms with van der Waals surface area (Å²) in [4.78, 5) is 0.345. The summed E-state index contributed by atoms with van der Waals surface area (Å²) < 4.78 is 1.91. The highest BCUT2D eigenvalue weighted by Gasteiger charge is 2.11. The number of rotatable bonds is 5. The number of nitrogens with zero attached hydrogens (tertiary/aromatic N) is 3. The molecule has 3 nitrogen and oxygen atoms in total. The van der Waals surface area contributed by atoms with Crippen LogP contribution in [0.25, 0.3) is 5.69 Å². The quantitative estimate of drug-likeness (QED) is 0.646. The molecule has 21 heavy (non-hydrogen) atoms. The molecule has 0 amide bonds. The van der Waals surface area contributed by atoms with E-state index < -0.39 is 0 Å². The number of alkyl halides is 1. The molecule has 1 heterocycles. The number of hydrogen-bond acceptors (Lipinski definition) is 2. The van der Waals surface area contributed by atoms with Gasteiger partial charge in [0.25, 0.3) is 0 Å². The van der Waals surface area contributed by atoms with E-state index in [0.29, 0.717) is 4.83 Å². The van der Waals surface area contributed by atoms with Gasteiger partial charge in [-0.2, -0.15) is 0 Å². The van der Waals surface area contributed by atoms with Crippen LogP contribution in [0.2, 0.25) is 0 Å². The zero-order valence-electron chi connectivity index (χ0n) is 11.6. The highest BCUT2D eigenvalue weighted by molar-refractivity contribution is 9.09. The minimum absolute atomic E-state index is 0.345. The van der Waals surface area contributed by atoms with Gasteiger partial charge in [0, 0.05) is 4.83 Å². The van der Waals surface area contributed by atoms with Crippen molar-refractivity contribution in [2.45, 2.75) is 17.7 Å². The third-order valence-electron chi connectivity index (χ3n) is 3.44. The highest BCUT2D eigenvalue weighted by Crippen LogP contribution is 2.27. The summed E-state index contributed by atoms with van der Waals surface area (Å²) in [5, 5.41) is 8.24. The van der Waals surface area contributed by atoms with Crippen LogP contribution in [0.15, 0.2) is 66.9 Å². The van der Waals surface area contributed by atoms with E-state index in [-0.39, 0.29) is 0 Å². The fourth-order valence-electron chi connectivity index (χ4n) is 2.32. The van der Waals surface area contributed by atoms with Crippen LogP contribution in [0, 0.1) is 0 Å². The van der Waals surface area contributed by atoms with Crippen LogP contribution >= 0.6 is 15.9 Å². The molecule has 106 valence electrons. The predicted molar refractivity (Wildman–Crippen MR) is 87.8 cm³/mol. The van der Waals surface area contributed by atoms with Crippen molar-refractivity contribution < 1.29 is 0 Å². The summed E-state index contributed by atoms with van der Waals surface area (Å²) in [5.74, 6) is 0. The maximum Gasteiger partial charge on any atom is 0.0729 e. The molecule has 3 rings (SSSR count). The number of para-hydroxylation sites is 1. The minimum Gasteiger partial charge on any atom is -0.218 e. The summed E-state index contributed by atoms with van der Waals surface area (Å²) >= 11 is 3.76. The van der Waals surface area contributed by atoms with Gasteiger partial charge < -0.3 is 0 Å². The predicted octanol–water partition coefficient (Wildman–Crippen LogP) is 4.34. The lowest BCUT2D eigenvalue weighted by Crippen LogP contribution is -2.03. The molecule has 0 bridgehead atoms. The van der Waals surface area contributed by atoms with Crippen LogP contribution in [0.1, 0.15) is 22.5 Å². The monoisotopic (exact) mass is 341 g/mol. The Morgan fingerprint density at radius 1 is 0.952 bits per heavy atom. The van der Waals surface area contributed by atoms with E-state index in [2.05, 4.69) is 50.5 Å². The summed E-state index contributed by atoms with van der Waals surface area (Å²) in [7, 11) is 0. The molecule has 0 aliphatic carbocycles. The van der Waals surface area contributed by atoms with E-state index in [1.54, 1.807) is 0 Å². The Hall–Kier alpha value is -1.94. The zero-order chi connectivity index (χ0) is 14.5. The normalized spacial score (nSPS) is 12.2. The molecule has 0 saturated heterocycles. The first-order chi connectivity index (χ1) is 10.3.